The fraction of sp³-hybridized carbons (Fsp3) is 0.562. The summed E-state index contributed by atoms with van der Waals surface area (Å²) >= 11 is 0. The van der Waals surface area contributed by atoms with E-state index in [-0.39, 0.29) is 6.29 Å². The van der Waals surface area contributed by atoms with E-state index in [1.165, 1.54) is 13.8 Å². The van der Waals surface area contributed by atoms with E-state index in [2.05, 4.69) is 15.6 Å². The van der Waals surface area contributed by atoms with Gasteiger partial charge in [0.1, 0.15) is 12.4 Å². The number of aldehydes is 1. The number of ketones is 2. The van der Waals surface area contributed by atoms with Crippen LogP contribution in [-0.2, 0) is 14.4 Å². The second kappa shape index (κ2) is 8.73. The molecule has 0 spiro atoms. The van der Waals surface area contributed by atoms with Crippen LogP contribution in [0, 0.1) is 10.1 Å². The fourth-order valence-corrected chi connectivity index (χ4v) is 2.17. The highest BCUT2D eigenvalue weighted by atomic mass is 16.6. The van der Waals surface area contributed by atoms with E-state index in [1.807, 2.05) is 0 Å². The van der Waals surface area contributed by atoms with Gasteiger partial charge in [-0.3, -0.25) is 14.4 Å². The molecule has 27 heavy (non-hydrogen) atoms. The van der Waals surface area contributed by atoms with E-state index in [4.69, 9.17) is 0 Å². The molecule has 0 radical (unpaired) electrons. The first-order valence-corrected chi connectivity index (χ1v) is 8.20. The smallest absolute Gasteiger partial charge is 0.390 e. The van der Waals surface area contributed by atoms with E-state index >= 15 is 0 Å². The van der Waals surface area contributed by atoms with Crippen molar-refractivity contribution in [2.45, 2.75) is 45.2 Å². The monoisotopic (exact) mass is 381 g/mol. The highest BCUT2D eigenvalue weighted by molar-refractivity contribution is 6.40. The number of aromatic nitrogens is 2. The SMILES string of the molecule is CC(C)(NCCCNC(C)(C)C(=O)C(=O)n1ccnc1[N+](=O)[O-])C(=O)C=O. The minimum atomic E-state index is -1.26. The number of hydrogen-bond acceptors (Lipinski definition) is 9. The van der Waals surface area contributed by atoms with E-state index < -0.39 is 39.4 Å². The molecule has 1 rings (SSSR count). The number of carbonyl (C=O) groups is 4. The molecule has 11 heteroatoms. The van der Waals surface area contributed by atoms with Gasteiger partial charge in [0, 0.05) is 0 Å². The van der Waals surface area contributed by atoms with Gasteiger partial charge in [-0.15, -0.1) is 0 Å². The summed E-state index contributed by atoms with van der Waals surface area (Å²) in [4.78, 5) is 60.1. The quantitative estimate of drug-likeness (QED) is 0.176. The van der Waals surface area contributed by atoms with Crippen LogP contribution in [0.2, 0.25) is 0 Å². The average molecular weight is 381 g/mol. The van der Waals surface area contributed by atoms with Crippen molar-refractivity contribution in [2.75, 3.05) is 13.1 Å². The van der Waals surface area contributed by atoms with Crippen LogP contribution in [0.5, 0.6) is 0 Å². The summed E-state index contributed by atoms with van der Waals surface area (Å²) in [5, 5.41) is 16.7. The minimum absolute atomic E-state index is 0.258. The summed E-state index contributed by atoms with van der Waals surface area (Å²) in [7, 11) is 0. The van der Waals surface area contributed by atoms with Gasteiger partial charge in [-0.1, -0.05) is 4.98 Å². The van der Waals surface area contributed by atoms with Crippen LogP contribution in [0.15, 0.2) is 12.4 Å². The van der Waals surface area contributed by atoms with Gasteiger partial charge in [0.15, 0.2) is 6.29 Å². The zero-order chi connectivity index (χ0) is 20.8. The molecule has 0 unspecified atom stereocenters. The first-order valence-electron chi connectivity index (χ1n) is 8.20. The Bertz CT molecular complexity index is 752. The van der Waals surface area contributed by atoms with Crippen LogP contribution >= 0.6 is 0 Å². The van der Waals surface area contributed by atoms with Gasteiger partial charge in [0.25, 0.3) is 5.78 Å². The maximum atomic E-state index is 12.4. The fourth-order valence-electron chi connectivity index (χ4n) is 2.17. The lowest BCUT2D eigenvalue weighted by atomic mass is 9.98. The molecule has 0 fully saturated rings. The van der Waals surface area contributed by atoms with Crippen molar-refractivity contribution in [2.24, 2.45) is 0 Å². The van der Waals surface area contributed by atoms with Crippen LogP contribution < -0.4 is 10.6 Å². The van der Waals surface area contributed by atoms with Gasteiger partial charge < -0.3 is 20.7 Å². The minimum Gasteiger partial charge on any atom is -0.390 e. The highest BCUT2D eigenvalue weighted by Crippen LogP contribution is 2.12. The standard InChI is InChI=1S/C16H23N5O6/c1-15(2,11(23)10-22)18-6-5-7-19-16(3,4)12(24)13(25)20-9-8-17-14(20)21(26)27/h8-10,18-19H,5-7H2,1-4H3. The van der Waals surface area contributed by atoms with Gasteiger partial charge in [0.2, 0.25) is 5.78 Å². The number of hydrogen-bond donors (Lipinski definition) is 2. The van der Waals surface area contributed by atoms with Gasteiger partial charge >= 0.3 is 11.9 Å². The van der Waals surface area contributed by atoms with E-state index in [9.17, 15) is 29.3 Å². The first-order chi connectivity index (χ1) is 12.4. The Morgan fingerprint density at radius 3 is 2.26 bits per heavy atom. The zero-order valence-electron chi connectivity index (χ0n) is 15.6. The average Bonchev–Trinajstić information content (AvgIpc) is 3.09. The molecule has 0 aliphatic rings. The summed E-state index contributed by atoms with van der Waals surface area (Å²) in [5.41, 5.74) is -2.24. The van der Waals surface area contributed by atoms with Crippen LogP contribution in [0.1, 0.15) is 38.9 Å². The Kier molecular flexibility index (Phi) is 7.20. The summed E-state index contributed by atoms with van der Waals surface area (Å²) in [6, 6.07) is 0. The molecular weight excluding hydrogens is 358 g/mol. The van der Waals surface area contributed by atoms with Crippen molar-refractivity contribution in [1.82, 2.24) is 20.2 Å². The number of rotatable bonds is 11. The molecular formula is C16H23N5O6. The van der Waals surface area contributed by atoms with Gasteiger partial charge in [-0.25, -0.2) is 4.79 Å². The molecule has 11 nitrogen and oxygen atoms in total. The van der Waals surface area contributed by atoms with Gasteiger partial charge in [-0.05, 0) is 52.1 Å². The van der Waals surface area contributed by atoms with Gasteiger partial charge in [-0.2, -0.15) is 4.57 Å². The van der Waals surface area contributed by atoms with Crippen LogP contribution in [-0.4, -0.2) is 62.4 Å². The number of carbonyl (C=O) groups excluding carboxylic acids is 4. The maximum absolute atomic E-state index is 12.4. The van der Waals surface area contributed by atoms with Crippen molar-refractivity contribution in [3.8, 4) is 0 Å². The molecule has 0 amide bonds. The molecule has 1 heterocycles. The molecule has 1 aromatic rings. The van der Waals surface area contributed by atoms with E-state index in [1.54, 1.807) is 13.8 Å². The Labute approximate surface area is 155 Å². The molecule has 148 valence electrons. The third kappa shape index (κ3) is 5.59. The largest absolute Gasteiger partial charge is 0.442 e. The lowest BCUT2D eigenvalue weighted by Gasteiger charge is -2.25. The Morgan fingerprint density at radius 2 is 1.74 bits per heavy atom. The van der Waals surface area contributed by atoms with E-state index in [0.717, 1.165) is 12.4 Å². The van der Waals surface area contributed by atoms with Crippen molar-refractivity contribution in [1.29, 1.82) is 0 Å². The lowest BCUT2D eigenvalue weighted by Crippen LogP contribution is -2.52. The number of Topliss-reactive ketones (excluding diaryl/α,β-unsaturated/α-hetero) is 2. The molecule has 0 aliphatic heterocycles. The predicted molar refractivity (Wildman–Crippen MR) is 94.4 cm³/mol. The van der Waals surface area contributed by atoms with Crippen molar-refractivity contribution < 1.29 is 24.1 Å². The number of nitro groups is 1. The topological polar surface area (TPSA) is 153 Å². The summed E-state index contributed by atoms with van der Waals surface area (Å²) in [6.45, 7) is 6.87. The molecule has 0 saturated carbocycles. The molecule has 0 atom stereocenters. The van der Waals surface area contributed by atoms with Crippen LogP contribution in [0.3, 0.4) is 0 Å². The zero-order valence-corrected chi connectivity index (χ0v) is 15.6. The molecule has 0 saturated heterocycles. The second-order valence-electron chi connectivity index (χ2n) is 6.93. The number of nitrogens with one attached hydrogen (secondary N) is 2. The van der Waals surface area contributed by atoms with Gasteiger partial charge in [0.05, 0.1) is 11.1 Å². The Balaban J connectivity index is 2.59. The summed E-state index contributed by atoms with van der Waals surface area (Å²) in [6.07, 6.45) is 2.89. The number of imidazole rings is 1. The predicted octanol–water partition coefficient (Wildman–Crippen LogP) is -0.105. The Morgan fingerprint density at radius 1 is 1.19 bits per heavy atom. The molecule has 1 aromatic heterocycles. The third-order valence-corrected chi connectivity index (χ3v) is 3.98. The molecule has 0 aromatic carbocycles. The third-order valence-electron chi connectivity index (χ3n) is 3.98. The van der Waals surface area contributed by atoms with Crippen molar-refractivity contribution in [3.63, 3.8) is 0 Å². The lowest BCUT2D eigenvalue weighted by molar-refractivity contribution is -0.395. The highest BCUT2D eigenvalue weighted by Gasteiger charge is 2.37. The Hall–Kier alpha value is -2.79. The normalized spacial score (nSPS) is 11.9. The van der Waals surface area contributed by atoms with Crippen molar-refractivity contribution in [3.05, 3.63) is 22.5 Å². The summed E-state index contributed by atoms with van der Waals surface area (Å²) in [5.74, 6) is -3.21. The molecule has 0 bridgehead atoms. The number of nitrogens with zero attached hydrogens (tertiary/aromatic N) is 3. The molecule has 0 aliphatic carbocycles. The first kappa shape index (κ1) is 22.3. The van der Waals surface area contributed by atoms with E-state index in [0.29, 0.717) is 24.1 Å². The molecule has 2 N–H and O–H groups in total. The van der Waals surface area contributed by atoms with Crippen molar-refractivity contribution >= 4 is 29.7 Å². The van der Waals surface area contributed by atoms with Crippen LogP contribution in [0.25, 0.3) is 0 Å². The maximum Gasteiger partial charge on any atom is 0.442 e. The van der Waals surface area contributed by atoms with Crippen LogP contribution in [0.4, 0.5) is 5.95 Å². The summed E-state index contributed by atoms with van der Waals surface area (Å²) < 4.78 is 0.598. The second-order valence-corrected chi connectivity index (χ2v) is 6.93.